The Morgan fingerprint density at radius 2 is 0.593 bits per heavy atom. The first-order chi connectivity index (χ1) is 52.8. The molecule has 0 aliphatic carbocycles. The first-order valence-electron chi connectivity index (χ1n) is 37.4. The zero-order chi connectivity index (χ0) is 74.3. The molecule has 568 valence electrons. The second kappa shape index (κ2) is 39.1. The fourth-order valence-electron chi connectivity index (χ4n) is 13.7. The van der Waals surface area contributed by atoms with E-state index < -0.39 is 97.4 Å². The number of hydrogen-bond donors (Lipinski definition) is 2. The zero-order valence-electron chi connectivity index (χ0n) is 61.8. The Balaban J connectivity index is 0.000000190. The number of benzene rings is 10. The van der Waals surface area contributed by atoms with Crippen LogP contribution in [0.4, 0.5) is 0 Å². The van der Waals surface area contributed by atoms with Crippen molar-refractivity contribution in [2.75, 3.05) is 39.6 Å². The van der Waals surface area contributed by atoms with Gasteiger partial charge in [0.2, 0.25) is 0 Å². The smallest absolute Gasteiger partial charge is 0.186 e. The van der Waals surface area contributed by atoms with E-state index in [2.05, 4.69) is 60.7 Å². The van der Waals surface area contributed by atoms with Gasteiger partial charge < -0.3 is 86.0 Å². The van der Waals surface area contributed by atoms with Crippen molar-refractivity contribution in [3.63, 3.8) is 0 Å². The summed E-state index contributed by atoms with van der Waals surface area (Å²) in [6.45, 7) is 11.0. The summed E-state index contributed by atoms with van der Waals surface area (Å²) >= 11 is 0. The predicted octanol–water partition coefficient (Wildman–Crippen LogP) is 14.7. The highest BCUT2D eigenvalue weighted by molar-refractivity contribution is 5.83. The molecule has 2 N–H and O–H groups in total. The number of fused-ring (bicyclic) bond motifs is 4. The van der Waals surface area contributed by atoms with Crippen LogP contribution in [0.5, 0.6) is 0 Å². The van der Waals surface area contributed by atoms with E-state index in [1.54, 1.807) is 0 Å². The van der Waals surface area contributed by atoms with Gasteiger partial charge in [0.25, 0.3) is 0 Å². The second-order valence-corrected chi connectivity index (χ2v) is 28.6. The van der Waals surface area contributed by atoms with Crippen molar-refractivity contribution in [3.05, 3.63) is 311 Å². The minimum absolute atomic E-state index is 0.0353. The molecule has 0 bridgehead atoms. The monoisotopic (exact) mass is 1470 g/mol. The van der Waals surface area contributed by atoms with Gasteiger partial charge in [-0.1, -0.05) is 255 Å². The molecule has 10 aromatic rings. The molecule has 0 aromatic heterocycles. The molecule has 4 heterocycles. The van der Waals surface area contributed by atoms with Crippen LogP contribution in [0.3, 0.4) is 0 Å². The third-order valence-electron chi connectivity index (χ3n) is 19.5. The molecule has 4 fully saturated rings. The van der Waals surface area contributed by atoms with E-state index in [1.807, 2.05) is 234 Å². The number of aliphatic hydroxyl groups excluding tert-OH is 2. The van der Waals surface area contributed by atoms with E-state index in [1.165, 1.54) is 10.8 Å². The average molecular weight is 1470 g/mol. The molecule has 0 radical (unpaired) electrons. The van der Waals surface area contributed by atoms with Gasteiger partial charge in [-0.2, -0.15) is 0 Å². The topological polar surface area (TPSA) is 188 Å². The van der Waals surface area contributed by atoms with Crippen LogP contribution in [0.25, 0.3) is 21.5 Å². The quantitative estimate of drug-likeness (QED) is 0.0377. The summed E-state index contributed by atoms with van der Waals surface area (Å²) in [5, 5.41) is 27.2. The standard InChI is InChI=1S/2C45H50O9/c2*1-45(2)52-31-40-43(54-45)41(46)44(53-40)51-30-39(49-27-33-16-8-4-9-17-33)42(50-28-34-18-10-5-11-19-34)38(48-26-32-14-6-3-7-15-32)29-47-25-35-22-23-36-20-12-13-21-37(36)24-35/h2*3-24,38-44,46H,25-31H2,1-2H3/t38?,39?,40-,41+,42?,43?,44-;38?,39?,40-,41-,42?,43?,44-/m11/s1. The summed E-state index contributed by atoms with van der Waals surface area (Å²) in [5.74, 6) is -1.68. The third kappa shape index (κ3) is 22.6. The minimum atomic E-state index is -1.02. The fourth-order valence-corrected chi connectivity index (χ4v) is 13.7. The first-order valence-corrected chi connectivity index (χ1v) is 37.4. The fraction of sp³-hybridized carbons (Fsp3) is 0.378. The van der Waals surface area contributed by atoms with E-state index >= 15 is 0 Å². The normalized spacial score (nSPS) is 22.4. The molecule has 10 aromatic carbocycles. The summed E-state index contributed by atoms with van der Waals surface area (Å²) < 4.78 is 102. The van der Waals surface area contributed by atoms with Gasteiger partial charge in [-0.15, -0.1) is 0 Å². The first kappa shape index (κ1) is 78.1. The lowest BCUT2D eigenvalue weighted by atomic mass is 10.1. The molecule has 0 spiro atoms. The predicted molar refractivity (Wildman–Crippen MR) is 408 cm³/mol. The SMILES string of the molecule is CC1(C)OC[C@H]2O[C@@H](OCC(OCc3ccccc3)C(OCc3ccccc3)C(COCc3ccc4ccccc4c3)OCc3ccccc3)[C@@H](O)C2O1.CC1(C)OC[C@H]2O[C@@H](OCC(OCc3ccccc3)C(OCc3ccccc3)C(COCc3ccc4ccccc4c3)OCc3ccccc3)[C@H](O)C2O1. The van der Waals surface area contributed by atoms with E-state index in [0.717, 1.165) is 55.3 Å². The average Bonchev–Trinajstić information content (AvgIpc) is 1.64. The highest BCUT2D eigenvalue weighted by Gasteiger charge is 2.53. The van der Waals surface area contributed by atoms with E-state index in [0.29, 0.717) is 52.9 Å². The summed E-state index contributed by atoms with van der Waals surface area (Å²) in [6, 6.07) is 89.3. The summed E-state index contributed by atoms with van der Waals surface area (Å²) in [7, 11) is 0. The Kier molecular flexibility index (Phi) is 28.3. The molecule has 4 aliphatic heterocycles. The molecule has 14 atom stereocenters. The maximum absolute atomic E-state index is 11.3. The Morgan fingerprint density at radius 1 is 0.315 bits per heavy atom. The molecule has 108 heavy (non-hydrogen) atoms. The highest BCUT2D eigenvalue weighted by Crippen LogP contribution is 2.37. The lowest BCUT2D eigenvalue weighted by Crippen LogP contribution is -2.50. The van der Waals surface area contributed by atoms with Gasteiger partial charge in [-0.3, -0.25) is 0 Å². The molecular weight excluding hydrogens is 1370 g/mol. The van der Waals surface area contributed by atoms with Gasteiger partial charge in [0.05, 0.1) is 92.5 Å². The molecule has 4 aliphatic rings. The zero-order valence-corrected chi connectivity index (χ0v) is 61.8. The Morgan fingerprint density at radius 3 is 0.907 bits per heavy atom. The molecule has 14 rings (SSSR count). The number of ether oxygens (including phenoxy) is 16. The summed E-state index contributed by atoms with van der Waals surface area (Å²) in [5.41, 5.74) is 8.15. The molecule has 18 nitrogen and oxygen atoms in total. The van der Waals surface area contributed by atoms with Gasteiger partial charge in [-0.25, -0.2) is 0 Å². The van der Waals surface area contributed by atoms with Crippen molar-refractivity contribution < 1.29 is 86.0 Å². The van der Waals surface area contributed by atoms with Crippen LogP contribution in [0, 0.1) is 0 Å². The highest BCUT2D eigenvalue weighted by atomic mass is 16.8. The lowest BCUT2D eigenvalue weighted by Gasteiger charge is -2.37. The summed E-state index contributed by atoms with van der Waals surface area (Å²) in [6.07, 6.45) is -9.84. The van der Waals surface area contributed by atoms with Crippen LogP contribution in [0.2, 0.25) is 0 Å². The van der Waals surface area contributed by atoms with Crippen molar-refractivity contribution >= 4 is 21.5 Å². The van der Waals surface area contributed by atoms with Crippen molar-refractivity contribution in [2.45, 2.75) is 178 Å². The second-order valence-electron chi connectivity index (χ2n) is 28.6. The van der Waals surface area contributed by atoms with Crippen LogP contribution in [0.15, 0.2) is 267 Å². The Hall–Kier alpha value is -8.00. The molecule has 0 saturated carbocycles. The molecule has 8 unspecified atom stereocenters. The maximum atomic E-state index is 11.3. The van der Waals surface area contributed by atoms with E-state index in [4.69, 9.17) is 75.8 Å². The van der Waals surface area contributed by atoms with Gasteiger partial charge in [0.1, 0.15) is 73.2 Å². The van der Waals surface area contributed by atoms with Crippen molar-refractivity contribution in [2.24, 2.45) is 0 Å². The van der Waals surface area contributed by atoms with Gasteiger partial charge in [-0.05, 0) is 106 Å². The molecule has 0 amide bonds. The Bertz CT molecular complexity index is 3980. The van der Waals surface area contributed by atoms with E-state index in [9.17, 15) is 10.2 Å². The van der Waals surface area contributed by atoms with Gasteiger partial charge in [0, 0.05) is 0 Å². The molecule has 4 saturated heterocycles. The van der Waals surface area contributed by atoms with Crippen molar-refractivity contribution in [1.82, 2.24) is 0 Å². The van der Waals surface area contributed by atoms with Gasteiger partial charge in [0.15, 0.2) is 24.2 Å². The number of hydrogen-bond acceptors (Lipinski definition) is 18. The Labute approximate surface area is 633 Å². The third-order valence-corrected chi connectivity index (χ3v) is 19.5. The van der Waals surface area contributed by atoms with Crippen LogP contribution in [0.1, 0.15) is 72.2 Å². The minimum Gasteiger partial charge on any atom is -0.385 e. The van der Waals surface area contributed by atoms with Gasteiger partial charge >= 0.3 is 0 Å². The maximum Gasteiger partial charge on any atom is 0.186 e. The number of rotatable bonds is 36. The molecule has 18 heteroatoms. The van der Waals surface area contributed by atoms with E-state index in [-0.39, 0.29) is 39.6 Å². The van der Waals surface area contributed by atoms with Crippen LogP contribution < -0.4 is 0 Å². The largest absolute Gasteiger partial charge is 0.385 e. The number of aliphatic hydroxyl groups is 2. The van der Waals surface area contributed by atoms with Crippen LogP contribution in [-0.2, 0) is 129 Å². The van der Waals surface area contributed by atoms with Crippen LogP contribution in [-0.4, -0.2) is 147 Å². The van der Waals surface area contributed by atoms with Crippen molar-refractivity contribution in [3.8, 4) is 0 Å². The van der Waals surface area contributed by atoms with Crippen LogP contribution >= 0.6 is 0 Å². The van der Waals surface area contributed by atoms with Crippen molar-refractivity contribution in [1.29, 1.82) is 0 Å². The molecular formula is C90H100O18. The summed E-state index contributed by atoms with van der Waals surface area (Å²) in [4.78, 5) is 0. The lowest BCUT2D eigenvalue weighted by molar-refractivity contribution is -0.301.